The number of hydrogen-bond donors (Lipinski definition) is 0. The van der Waals surface area contributed by atoms with Gasteiger partial charge in [0.25, 0.3) is 0 Å². The van der Waals surface area contributed by atoms with Gasteiger partial charge in [0.15, 0.2) is 0 Å². The third kappa shape index (κ3) is 2.37. The largest absolute Gasteiger partial charge is 0.456 e. The van der Waals surface area contributed by atoms with Gasteiger partial charge < -0.3 is 4.42 Å². The smallest absolute Gasteiger partial charge is 0.135 e. The van der Waals surface area contributed by atoms with Crippen LogP contribution in [-0.4, -0.2) is 0 Å². The quantitative estimate of drug-likeness (QED) is 0.558. The maximum absolute atomic E-state index is 5.99. The van der Waals surface area contributed by atoms with Gasteiger partial charge in [-0.3, -0.25) is 0 Å². The van der Waals surface area contributed by atoms with Gasteiger partial charge in [-0.05, 0) is 42.0 Å². The van der Waals surface area contributed by atoms with Crippen molar-refractivity contribution in [2.75, 3.05) is 0 Å². The molecule has 2 aromatic carbocycles. The van der Waals surface area contributed by atoms with Crippen LogP contribution in [0.3, 0.4) is 0 Å². The molecule has 0 bridgehead atoms. The van der Waals surface area contributed by atoms with E-state index in [1.165, 1.54) is 21.9 Å². The summed E-state index contributed by atoms with van der Waals surface area (Å²) < 4.78 is 5.99. The van der Waals surface area contributed by atoms with Gasteiger partial charge in [0.2, 0.25) is 0 Å². The molecule has 0 saturated heterocycles. The number of fused-ring (bicyclic) bond motifs is 3. The van der Waals surface area contributed by atoms with Crippen molar-refractivity contribution < 1.29 is 4.42 Å². The van der Waals surface area contributed by atoms with Crippen molar-refractivity contribution in [2.24, 2.45) is 5.41 Å². The van der Waals surface area contributed by atoms with Crippen LogP contribution in [0.2, 0.25) is 0 Å². The van der Waals surface area contributed by atoms with Crippen molar-refractivity contribution in [3.8, 4) is 0 Å². The Morgan fingerprint density at radius 3 is 2.21 bits per heavy atom. The minimum Gasteiger partial charge on any atom is -0.456 e. The molecule has 1 heteroatoms. The molecule has 1 nitrogen and oxygen atoms in total. The maximum atomic E-state index is 5.99. The highest BCUT2D eigenvalue weighted by Crippen LogP contribution is 2.31. The second-order valence-corrected chi connectivity index (χ2v) is 6.67. The van der Waals surface area contributed by atoms with Crippen LogP contribution in [0.4, 0.5) is 0 Å². The lowest BCUT2D eigenvalue weighted by molar-refractivity contribution is 0.411. The summed E-state index contributed by atoms with van der Waals surface area (Å²) in [6.45, 7) is 8.88. The topological polar surface area (TPSA) is 13.1 Å². The molecule has 0 N–H and O–H groups in total. The summed E-state index contributed by atoms with van der Waals surface area (Å²) in [6.07, 6.45) is 1.07. The van der Waals surface area contributed by atoms with E-state index in [2.05, 4.69) is 64.1 Å². The standard InChI is InChI=1S/C18H20O/c1-12-5-7-14-15-8-6-13(11-18(2,3)4)10-17(15)19-16(14)9-12/h5-10H,11H2,1-4H3. The fourth-order valence-electron chi connectivity index (χ4n) is 2.65. The van der Waals surface area contributed by atoms with Crippen molar-refractivity contribution in [2.45, 2.75) is 34.1 Å². The van der Waals surface area contributed by atoms with Gasteiger partial charge in [0.05, 0.1) is 0 Å². The van der Waals surface area contributed by atoms with Gasteiger partial charge in [-0.15, -0.1) is 0 Å². The molecular formula is C18H20O. The van der Waals surface area contributed by atoms with Crippen LogP contribution < -0.4 is 0 Å². The summed E-state index contributed by atoms with van der Waals surface area (Å²) >= 11 is 0. The maximum Gasteiger partial charge on any atom is 0.135 e. The fraction of sp³-hybridized carbons (Fsp3) is 0.333. The zero-order chi connectivity index (χ0) is 13.6. The van der Waals surface area contributed by atoms with E-state index in [-0.39, 0.29) is 0 Å². The lowest BCUT2D eigenvalue weighted by Crippen LogP contribution is -2.08. The lowest BCUT2D eigenvalue weighted by atomic mass is 9.88. The molecule has 0 aliphatic heterocycles. The molecule has 98 valence electrons. The third-order valence-electron chi connectivity index (χ3n) is 3.43. The summed E-state index contributed by atoms with van der Waals surface area (Å²) in [5.74, 6) is 0. The van der Waals surface area contributed by atoms with E-state index in [0.29, 0.717) is 5.41 Å². The van der Waals surface area contributed by atoms with Crippen molar-refractivity contribution in [3.63, 3.8) is 0 Å². The predicted octanol–water partition coefficient (Wildman–Crippen LogP) is 5.48. The molecule has 0 aliphatic carbocycles. The zero-order valence-corrected chi connectivity index (χ0v) is 12.1. The zero-order valence-electron chi connectivity index (χ0n) is 12.1. The number of aryl methyl sites for hydroxylation is 1. The van der Waals surface area contributed by atoms with E-state index >= 15 is 0 Å². The molecule has 1 heterocycles. The Bertz CT molecular complexity index is 741. The summed E-state index contributed by atoms with van der Waals surface area (Å²) in [5, 5.41) is 2.43. The highest BCUT2D eigenvalue weighted by molar-refractivity contribution is 6.05. The molecule has 0 saturated carbocycles. The first kappa shape index (κ1) is 12.3. The summed E-state index contributed by atoms with van der Waals surface area (Å²) in [6, 6.07) is 13.0. The average Bonchev–Trinajstić information content (AvgIpc) is 2.62. The van der Waals surface area contributed by atoms with E-state index in [4.69, 9.17) is 4.42 Å². The van der Waals surface area contributed by atoms with Gasteiger partial charge in [0.1, 0.15) is 11.2 Å². The van der Waals surface area contributed by atoms with Crippen molar-refractivity contribution in [1.82, 2.24) is 0 Å². The molecule has 0 fully saturated rings. The monoisotopic (exact) mass is 252 g/mol. The molecule has 0 atom stereocenters. The van der Waals surface area contributed by atoms with Crippen LogP contribution in [0.1, 0.15) is 31.9 Å². The number of furan rings is 1. The lowest BCUT2D eigenvalue weighted by Gasteiger charge is -2.17. The minimum atomic E-state index is 0.302. The molecule has 1 aromatic heterocycles. The molecule has 0 radical (unpaired) electrons. The number of rotatable bonds is 1. The van der Waals surface area contributed by atoms with Crippen LogP contribution in [0.5, 0.6) is 0 Å². The van der Waals surface area contributed by atoms with Crippen molar-refractivity contribution in [3.05, 3.63) is 47.5 Å². The Morgan fingerprint density at radius 2 is 1.53 bits per heavy atom. The fourth-order valence-corrected chi connectivity index (χ4v) is 2.65. The van der Waals surface area contributed by atoms with E-state index in [0.717, 1.165) is 17.6 Å². The Kier molecular flexibility index (Phi) is 2.67. The summed E-state index contributed by atoms with van der Waals surface area (Å²) in [7, 11) is 0. The Morgan fingerprint density at radius 1 is 0.895 bits per heavy atom. The van der Waals surface area contributed by atoms with Gasteiger partial charge in [-0.2, -0.15) is 0 Å². The van der Waals surface area contributed by atoms with Crippen LogP contribution in [-0.2, 0) is 6.42 Å². The molecule has 3 rings (SSSR count). The molecule has 0 aliphatic rings. The first-order valence-corrected chi connectivity index (χ1v) is 6.84. The SMILES string of the molecule is Cc1ccc2c(c1)oc1cc(CC(C)(C)C)ccc12. The summed E-state index contributed by atoms with van der Waals surface area (Å²) in [4.78, 5) is 0. The number of hydrogen-bond acceptors (Lipinski definition) is 1. The van der Waals surface area contributed by atoms with Gasteiger partial charge in [-0.1, -0.05) is 45.0 Å². The first-order chi connectivity index (χ1) is 8.92. The first-order valence-electron chi connectivity index (χ1n) is 6.84. The van der Waals surface area contributed by atoms with Gasteiger partial charge >= 0.3 is 0 Å². The molecule has 0 spiro atoms. The molecule has 3 aromatic rings. The van der Waals surface area contributed by atoms with Crippen molar-refractivity contribution in [1.29, 1.82) is 0 Å². The predicted molar refractivity (Wildman–Crippen MR) is 81.6 cm³/mol. The van der Waals surface area contributed by atoms with Gasteiger partial charge in [0, 0.05) is 10.8 Å². The van der Waals surface area contributed by atoms with Crippen LogP contribution in [0.15, 0.2) is 40.8 Å². The molecule has 0 amide bonds. The minimum absolute atomic E-state index is 0.302. The second-order valence-electron chi connectivity index (χ2n) is 6.67. The molecule has 19 heavy (non-hydrogen) atoms. The third-order valence-corrected chi connectivity index (χ3v) is 3.43. The van der Waals surface area contributed by atoms with Crippen LogP contribution in [0.25, 0.3) is 21.9 Å². The van der Waals surface area contributed by atoms with Gasteiger partial charge in [-0.25, -0.2) is 0 Å². The molecule has 0 unspecified atom stereocenters. The van der Waals surface area contributed by atoms with E-state index in [1.54, 1.807) is 0 Å². The average molecular weight is 252 g/mol. The van der Waals surface area contributed by atoms with Crippen LogP contribution >= 0.6 is 0 Å². The number of benzene rings is 2. The normalized spacial score (nSPS) is 12.4. The Balaban J connectivity index is 2.16. The Labute approximate surface area is 114 Å². The molecular weight excluding hydrogens is 232 g/mol. The van der Waals surface area contributed by atoms with E-state index in [1.807, 2.05) is 0 Å². The van der Waals surface area contributed by atoms with Crippen LogP contribution in [0, 0.1) is 12.3 Å². The van der Waals surface area contributed by atoms with Crippen molar-refractivity contribution >= 4 is 21.9 Å². The van der Waals surface area contributed by atoms with E-state index < -0.39 is 0 Å². The van der Waals surface area contributed by atoms with E-state index in [9.17, 15) is 0 Å². The highest BCUT2D eigenvalue weighted by Gasteiger charge is 2.13. The summed E-state index contributed by atoms with van der Waals surface area (Å²) in [5.41, 5.74) is 4.87. The Hall–Kier alpha value is -1.76. The second kappa shape index (κ2) is 4.12. The highest BCUT2D eigenvalue weighted by atomic mass is 16.3.